The fourth-order valence-electron chi connectivity index (χ4n) is 2.57. The van der Waals surface area contributed by atoms with E-state index in [-0.39, 0.29) is 0 Å². The van der Waals surface area contributed by atoms with Crippen molar-refractivity contribution in [2.45, 2.75) is 13.2 Å². The van der Waals surface area contributed by atoms with Gasteiger partial charge in [-0.15, -0.1) is 0 Å². The summed E-state index contributed by atoms with van der Waals surface area (Å²) in [6.45, 7) is 0.900. The highest BCUT2D eigenvalue weighted by atomic mass is 16.5. The van der Waals surface area contributed by atoms with Gasteiger partial charge in [0.2, 0.25) is 5.75 Å². The minimum Gasteiger partial charge on any atom is -0.493 e. The van der Waals surface area contributed by atoms with E-state index in [2.05, 4.69) is 0 Å². The Morgan fingerprint density at radius 2 is 1.15 bits per heavy atom. The molecule has 0 saturated heterocycles. The van der Waals surface area contributed by atoms with Crippen LogP contribution in [-0.4, -0.2) is 14.2 Å². The summed E-state index contributed by atoms with van der Waals surface area (Å²) in [7, 11) is 3.19. The molecule has 0 unspecified atom stereocenters. The second-order valence-corrected chi connectivity index (χ2v) is 5.71. The standard InChI is InChI=1S/C22H22O4/c1-23-20-13-19(25-15-17-9-5-3-6-10-17)14-21(22(20)24-2)26-16-18-11-7-4-8-12-18/h3-14H,15-16H2,1-2H3. The summed E-state index contributed by atoms with van der Waals surface area (Å²) in [5.74, 6) is 2.37. The van der Waals surface area contributed by atoms with E-state index in [0.717, 1.165) is 11.1 Å². The molecular weight excluding hydrogens is 328 g/mol. The summed E-state index contributed by atoms with van der Waals surface area (Å²) in [4.78, 5) is 0. The lowest BCUT2D eigenvalue weighted by molar-refractivity contribution is 0.265. The molecule has 0 aliphatic heterocycles. The normalized spacial score (nSPS) is 10.2. The number of hydrogen-bond acceptors (Lipinski definition) is 4. The summed E-state index contributed by atoms with van der Waals surface area (Å²) in [6, 6.07) is 23.6. The quantitative estimate of drug-likeness (QED) is 0.581. The first-order valence-electron chi connectivity index (χ1n) is 8.39. The maximum Gasteiger partial charge on any atom is 0.203 e. The second kappa shape index (κ2) is 8.81. The zero-order valence-electron chi connectivity index (χ0n) is 15.0. The molecule has 0 aromatic heterocycles. The predicted molar refractivity (Wildman–Crippen MR) is 101 cm³/mol. The maximum absolute atomic E-state index is 5.96. The van der Waals surface area contributed by atoms with Crippen molar-refractivity contribution < 1.29 is 18.9 Å². The number of ether oxygens (including phenoxy) is 4. The third kappa shape index (κ3) is 4.48. The van der Waals surface area contributed by atoms with E-state index < -0.39 is 0 Å². The van der Waals surface area contributed by atoms with Crippen LogP contribution in [0.25, 0.3) is 0 Å². The first-order chi connectivity index (χ1) is 12.8. The Morgan fingerprint density at radius 1 is 0.615 bits per heavy atom. The monoisotopic (exact) mass is 350 g/mol. The van der Waals surface area contributed by atoms with Crippen LogP contribution in [0, 0.1) is 0 Å². The molecule has 3 rings (SSSR count). The van der Waals surface area contributed by atoms with Gasteiger partial charge in [-0.25, -0.2) is 0 Å². The molecule has 3 aromatic carbocycles. The van der Waals surface area contributed by atoms with Crippen molar-refractivity contribution in [3.8, 4) is 23.0 Å². The third-order valence-corrected chi connectivity index (χ3v) is 3.90. The molecule has 0 atom stereocenters. The average Bonchev–Trinajstić information content (AvgIpc) is 2.71. The van der Waals surface area contributed by atoms with Gasteiger partial charge in [0.1, 0.15) is 19.0 Å². The Balaban J connectivity index is 1.79. The minimum atomic E-state index is 0.433. The van der Waals surface area contributed by atoms with Crippen molar-refractivity contribution in [3.63, 3.8) is 0 Å². The van der Waals surface area contributed by atoms with Gasteiger partial charge in [-0.05, 0) is 11.1 Å². The molecule has 26 heavy (non-hydrogen) atoms. The molecule has 0 aliphatic rings. The van der Waals surface area contributed by atoms with Crippen LogP contribution in [-0.2, 0) is 13.2 Å². The Morgan fingerprint density at radius 3 is 1.69 bits per heavy atom. The highest BCUT2D eigenvalue weighted by Gasteiger charge is 2.15. The SMILES string of the molecule is COc1cc(OCc2ccccc2)cc(OCc2ccccc2)c1OC. The van der Waals surface area contributed by atoms with Gasteiger partial charge in [-0.1, -0.05) is 60.7 Å². The molecule has 0 amide bonds. The summed E-state index contributed by atoms with van der Waals surface area (Å²) >= 11 is 0. The van der Waals surface area contributed by atoms with Crippen LogP contribution in [0.4, 0.5) is 0 Å². The van der Waals surface area contributed by atoms with Crippen molar-refractivity contribution in [2.75, 3.05) is 14.2 Å². The molecule has 0 aliphatic carbocycles. The smallest absolute Gasteiger partial charge is 0.203 e. The topological polar surface area (TPSA) is 36.9 Å². The number of rotatable bonds is 8. The fourth-order valence-corrected chi connectivity index (χ4v) is 2.57. The maximum atomic E-state index is 5.96. The third-order valence-electron chi connectivity index (χ3n) is 3.90. The number of methoxy groups -OCH3 is 2. The minimum absolute atomic E-state index is 0.433. The highest BCUT2D eigenvalue weighted by Crippen LogP contribution is 2.41. The number of hydrogen-bond donors (Lipinski definition) is 0. The summed E-state index contributed by atoms with van der Waals surface area (Å²) in [5, 5.41) is 0. The lowest BCUT2D eigenvalue weighted by Gasteiger charge is -2.16. The molecule has 0 spiro atoms. The van der Waals surface area contributed by atoms with Crippen molar-refractivity contribution in [3.05, 3.63) is 83.9 Å². The zero-order chi connectivity index (χ0) is 18.2. The summed E-state index contributed by atoms with van der Waals surface area (Å²) in [6.07, 6.45) is 0. The van der Waals surface area contributed by atoms with E-state index in [1.807, 2.05) is 66.7 Å². The molecule has 4 heteroatoms. The summed E-state index contributed by atoms with van der Waals surface area (Å²) in [5.41, 5.74) is 2.16. The first-order valence-corrected chi connectivity index (χ1v) is 8.39. The first kappa shape index (κ1) is 17.7. The molecular formula is C22H22O4. The van der Waals surface area contributed by atoms with E-state index in [9.17, 15) is 0 Å². The van der Waals surface area contributed by atoms with E-state index in [1.165, 1.54) is 0 Å². The Labute approximate surface area is 153 Å². The van der Waals surface area contributed by atoms with E-state index in [4.69, 9.17) is 18.9 Å². The Kier molecular flexibility index (Phi) is 5.99. The highest BCUT2D eigenvalue weighted by molar-refractivity contribution is 5.56. The number of benzene rings is 3. The van der Waals surface area contributed by atoms with Crippen molar-refractivity contribution in [2.24, 2.45) is 0 Å². The molecule has 0 saturated carbocycles. The van der Waals surface area contributed by atoms with Gasteiger partial charge in [0, 0.05) is 12.1 Å². The lowest BCUT2D eigenvalue weighted by Crippen LogP contribution is -2.01. The van der Waals surface area contributed by atoms with Gasteiger partial charge in [-0.2, -0.15) is 0 Å². The fraction of sp³-hybridized carbons (Fsp3) is 0.182. The molecule has 4 nitrogen and oxygen atoms in total. The molecule has 3 aromatic rings. The van der Waals surface area contributed by atoms with Crippen molar-refractivity contribution >= 4 is 0 Å². The van der Waals surface area contributed by atoms with Crippen LogP contribution in [0.15, 0.2) is 72.8 Å². The van der Waals surface area contributed by atoms with Gasteiger partial charge < -0.3 is 18.9 Å². The Hall–Kier alpha value is -3.14. The van der Waals surface area contributed by atoms with Crippen LogP contribution < -0.4 is 18.9 Å². The molecule has 0 bridgehead atoms. The molecule has 134 valence electrons. The molecule has 0 fully saturated rings. The lowest BCUT2D eigenvalue weighted by atomic mass is 10.2. The van der Waals surface area contributed by atoms with Crippen LogP contribution >= 0.6 is 0 Å². The van der Waals surface area contributed by atoms with Crippen molar-refractivity contribution in [1.29, 1.82) is 0 Å². The molecule has 0 radical (unpaired) electrons. The zero-order valence-corrected chi connectivity index (χ0v) is 15.0. The second-order valence-electron chi connectivity index (χ2n) is 5.71. The predicted octanol–water partition coefficient (Wildman–Crippen LogP) is 4.86. The van der Waals surface area contributed by atoms with Gasteiger partial charge in [-0.3, -0.25) is 0 Å². The van der Waals surface area contributed by atoms with E-state index in [0.29, 0.717) is 36.2 Å². The largest absolute Gasteiger partial charge is 0.493 e. The summed E-state index contributed by atoms with van der Waals surface area (Å²) < 4.78 is 22.8. The van der Waals surface area contributed by atoms with E-state index >= 15 is 0 Å². The Bertz CT molecular complexity index is 816. The molecule has 0 N–H and O–H groups in total. The van der Waals surface area contributed by atoms with Crippen LogP contribution in [0.2, 0.25) is 0 Å². The van der Waals surface area contributed by atoms with Crippen LogP contribution in [0.5, 0.6) is 23.0 Å². The van der Waals surface area contributed by atoms with Gasteiger partial charge in [0.25, 0.3) is 0 Å². The van der Waals surface area contributed by atoms with Gasteiger partial charge in [0.05, 0.1) is 14.2 Å². The van der Waals surface area contributed by atoms with Crippen LogP contribution in [0.3, 0.4) is 0 Å². The van der Waals surface area contributed by atoms with E-state index in [1.54, 1.807) is 20.3 Å². The van der Waals surface area contributed by atoms with Crippen molar-refractivity contribution in [1.82, 2.24) is 0 Å². The van der Waals surface area contributed by atoms with Gasteiger partial charge in [0.15, 0.2) is 11.5 Å². The molecule has 0 heterocycles. The average molecular weight is 350 g/mol. The van der Waals surface area contributed by atoms with Gasteiger partial charge >= 0.3 is 0 Å². The van der Waals surface area contributed by atoms with Crippen LogP contribution in [0.1, 0.15) is 11.1 Å².